The van der Waals surface area contributed by atoms with Gasteiger partial charge in [-0.15, -0.1) is 0 Å². The number of hydrogen-bond acceptors (Lipinski definition) is 3. The molecule has 0 aliphatic heterocycles. The van der Waals surface area contributed by atoms with Crippen LogP contribution < -0.4 is 10.2 Å². The molecule has 112 valence electrons. The molecule has 1 aromatic carbocycles. The summed E-state index contributed by atoms with van der Waals surface area (Å²) in [5, 5.41) is 3.57. The molecule has 1 aromatic heterocycles. The van der Waals surface area contributed by atoms with Crippen LogP contribution in [0, 0.1) is 6.92 Å². The predicted octanol–water partition coefficient (Wildman–Crippen LogP) is 3.87. The van der Waals surface area contributed by atoms with Crippen LogP contribution in [0.4, 0.5) is 5.69 Å². The summed E-state index contributed by atoms with van der Waals surface area (Å²) in [5.41, 5.74) is 4.00. The largest absolute Gasteiger partial charge is 0.467 e. The van der Waals surface area contributed by atoms with Gasteiger partial charge in [-0.2, -0.15) is 0 Å². The number of nitrogens with one attached hydrogen (secondary N) is 1. The van der Waals surface area contributed by atoms with E-state index in [1.54, 1.807) is 6.26 Å². The van der Waals surface area contributed by atoms with Gasteiger partial charge in [0.1, 0.15) is 5.76 Å². The Balaban J connectivity index is 1.70. The first-order chi connectivity index (χ1) is 10.3. The standard InChI is InChI=1S/C18H24N2O/c1-3-20(13-17-5-4-10-21-17)18-9-6-15(11-14(18)2)12-19-16-7-8-16/h4-6,9-11,16,19H,3,7-8,12-13H2,1-2H3. The molecule has 0 bridgehead atoms. The third-order valence-electron chi connectivity index (χ3n) is 4.08. The van der Waals surface area contributed by atoms with E-state index < -0.39 is 0 Å². The Morgan fingerprint density at radius 3 is 2.76 bits per heavy atom. The molecule has 0 saturated heterocycles. The summed E-state index contributed by atoms with van der Waals surface area (Å²) in [6, 6.07) is 11.5. The number of hydrogen-bond donors (Lipinski definition) is 1. The van der Waals surface area contributed by atoms with Crippen molar-refractivity contribution in [2.24, 2.45) is 0 Å². The second-order valence-electron chi connectivity index (χ2n) is 5.87. The highest BCUT2D eigenvalue weighted by atomic mass is 16.3. The second kappa shape index (κ2) is 6.35. The number of nitrogens with zero attached hydrogens (tertiary/aromatic N) is 1. The van der Waals surface area contributed by atoms with Gasteiger partial charge in [0.25, 0.3) is 0 Å². The summed E-state index contributed by atoms with van der Waals surface area (Å²) < 4.78 is 5.47. The average Bonchev–Trinajstić information content (AvgIpc) is 3.18. The fraction of sp³-hybridized carbons (Fsp3) is 0.444. The lowest BCUT2D eigenvalue weighted by molar-refractivity contribution is 0.503. The molecule has 0 atom stereocenters. The van der Waals surface area contributed by atoms with E-state index in [2.05, 4.69) is 42.3 Å². The Morgan fingerprint density at radius 1 is 1.29 bits per heavy atom. The molecule has 21 heavy (non-hydrogen) atoms. The molecule has 0 amide bonds. The zero-order valence-electron chi connectivity index (χ0n) is 12.9. The van der Waals surface area contributed by atoms with E-state index in [9.17, 15) is 0 Å². The monoisotopic (exact) mass is 284 g/mol. The number of aryl methyl sites for hydroxylation is 1. The van der Waals surface area contributed by atoms with Gasteiger partial charge < -0.3 is 14.6 Å². The van der Waals surface area contributed by atoms with Crippen molar-refractivity contribution in [2.45, 2.75) is 45.8 Å². The Bertz CT molecular complexity index is 573. The third-order valence-corrected chi connectivity index (χ3v) is 4.08. The van der Waals surface area contributed by atoms with Gasteiger partial charge in [-0.05, 0) is 56.0 Å². The van der Waals surface area contributed by atoms with Crippen LogP contribution in [0.1, 0.15) is 36.7 Å². The quantitative estimate of drug-likeness (QED) is 0.836. The van der Waals surface area contributed by atoms with Crippen LogP contribution in [0.2, 0.25) is 0 Å². The van der Waals surface area contributed by atoms with Gasteiger partial charge in [0.2, 0.25) is 0 Å². The molecule has 1 aliphatic carbocycles. The first-order valence-electron chi connectivity index (χ1n) is 7.86. The lowest BCUT2D eigenvalue weighted by Gasteiger charge is -2.24. The van der Waals surface area contributed by atoms with Gasteiger partial charge in [-0.3, -0.25) is 0 Å². The minimum atomic E-state index is 0.760. The van der Waals surface area contributed by atoms with E-state index in [0.717, 1.165) is 31.4 Å². The zero-order chi connectivity index (χ0) is 14.7. The Morgan fingerprint density at radius 2 is 2.14 bits per heavy atom. The maximum Gasteiger partial charge on any atom is 0.123 e. The van der Waals surface area contributed by atoms with Crippen LogP contribution in [-0.2, 0) is 13.1 Å². The van der Waals surface area contributed by atoms with E-state index in [0.29, 0.717) is 0 Å². The SMILES string of the molecule is CCN(Cc1ccco1)c1ccc(CNC2CC2)cc1C. The highest BCUT2D eigenvalue weighted by Crippen LogP contribution is 2.24. The first-order valence-corrected chi connectivity index (χ1v) is 7.86. The van der Waals surface area contributed by atoms with Crippen LogP contribution in [0.15, 0.2) is 41.0 Å². The molecular weight excluding hydrogens is 260 g/mol. The Labute approximate surface area is 127 Å². The van der Waals surface area contributed by atoms with E-state index in [-0.39, 0.29) is 0 Å². The molecule has 1 aliphatic rings. The fourth-order valence-corrected chi connectivity index (χ4v) is 2.69. The van der Waals surface area contributed by atoms with Crippen molar-refractivity contribution >= 4 is 5.69 Å². The molecule has 3 heteroatoms. The number of benzene rings is 1. The fourth-order valence-electron chi connectivity index (χ4n) is 2.69. The molecule has 1 N–H and O–H groups in total. The molecule has 0 unspecified atom stereocenters. The molecule has 3 rings (SSSR count). The van der Waals surface area contributed by atoms with Gasteiger partial charge in [0, 0.05) is 24.8 Å². The minimum Gasteiger partial charge on any atom is -0.467 e. The Hall–Kier alpha value is -1.74. The lowest BCUT2D eigenvalue weighted by Crippen LogP contribution is -2.23. The van der Waals surface area contributed by atoms with Crippen LogP contribution >= 0.6 is 0 Å². The van der Waals surface area contributed by atoms with Gasteiger partial charge in [-0.1, -0.05) is 12.1 Å². The van der Waals surface area contributed by atoms with Gasteiger partial charge in [-0.25, -0.2) is 0 Å². The summed E-state index contributed by atoms with van der Waals surface area (Å²) in [5.74, 6) is 1.01. The van der Waals surface area contributed by atoms with Crippen molar-refractivity contribution in [3.05, 3.63) is 53.5 Å². The van der Waals surface area contributed by atoms with Crippen LogP contribution in [-0.4, -0.2) is 12.6 Å². The Kier molecular flexibility index (Phi) is 4.30. The predicted molar refractivity (Wildman–Crippen MR) is 86.5 cm³/mol. The number of rotatable bonds is 7. The van der Waals surface area contributed by atoms with Crippen molar-refractivity contribution < 1.29 is 4.42 Å². The van der Waals surface area contributed by atoms with Crippen LogP contribution in [0.5, 0.6) is 0 Å². The summed E-state index contributed by atoms with van der Waals surface area (Å²) in [7, 11) is 0. The van der Waals surface area contributed by atoms with Gasteiger partial charge >= 0.3 is 0 Å². The van der Waals surface area contributed by atoms with Crippen molar-refractivity contribution in [1.29, 1.82) is 0 Å². The molecule has 2 aromatic rings. The highest BCUT2D eigenvalue weighted by Gasteiger charge is 2.20. The van der Waals surface area contributed by atoms with Crippen molar-refractivity contribution in [2.75, 3.05) is 11.4 Å². The molecule has 1 saturated carbocycles. The third kappa shape index (κ3) is 3.67. The van der Waals surface area contributed by atoms with E-state index in [4.69, 9.17) is 4.42 Å². The summed E-state index contributed by atoms with van der Waals surface area (Å²) in [6.45, 7) is 7.16. The number of furan rings is 1. The summed E-state index contributed by atoms with van der Waals surface area (Å²) in [4.78, 5) is 2.35. The normalized spacial score (nSPS) is 14.4. The maximum atomic E-state index is 5.47. The maximum absolute atomic E-state index is 5.47. The van der Waals surface area contributed by atoms with Crippen LogP contribution in [0.25, 0.3) is 0 Å². The lowest BCUT2D eigenvalue weighted by atomic mass is 10.1. The van der Waals surface area contributed by atoms with Crippen molar-refractivity contribution in [1.82, 2.24) is 5.32 Å². The summed E-state index contributed by atoms with van der Waals surface area (Å²) in [6.07, 6.45) is 4.41. The van der Waals surface area contributed by atoms with E-state index >= 15 is 0 Å². The molecule has 0 spiro atoms. The molecule has 0 radical (unpaired) electrons. The molecule has 1 fully saturated rings. The minimum absolute atomic E-state index is 0.760. The first kappa shape index (κ1) is 14.2. The van der Waals surface area contributed by atoms with Crippen molar-refractivity contribution in [3.63, 3.8) is 0 Å². The zero-order valence-corrected chi connectivity index (χ0v) is 12.9. The molecule has 1 heterocycles. The van der Waals surface area contributed by atoms with Crippen LogP contribution in [0.3, 0.4) is 0 Å². The highest BCUT2D eigenvalue weighted by molar-refractivity contribution is 5.54. The molecular formula is C18H24N2O. The second-order valence-corrected chi connectivity index (χ2v) is 5.87. The number of anilines is 1. The topological polar surface area (TPSA) is 28.4 Å². The average molecular weight is 284 g/mol. The smallest absolute Gasteiger partial charge is 0.123 e. The summed E-state index contributed by atoms with van der Waals surface area (Å²) >= 11 is 0. The van der Waals surface area contributed by atoms with Gasteiger partial charge in [0.05, 0.1) is 12.8 Å². The van der Waals surface area contributed by atoms with Gasteiger partial charge in [0.15, 0.2) is 0 Å². The molecule has 3 nitrogen and oxygen atoms in total. The van der Waals surface area contributed by atoms with Crippen molar-refractivity contribution in [3.8, 4) is 0 Å². The van der Waals surface area contributed by atoms with E-state index in [1.165, 1.54) is 29.7 Å². The van der Waals surface area contributed by atoms with E-state index in [1.807, 2.05) is 12.1 Å².